The summed E-state index contributed by atoms with van der Waals surface area (Å²) >= 11 is 0. The predicted octanol–water partition coefficient (Wildman–Crippen LogP) is 2.65. The van der Waals surface area contributed by atoms with Crippen molar-refractivity contribution in [3.05, 3.63) is 60.2 Å². The van der Waals surface area contributed by atoms with Crippen LogP contribution in [-0.2, 0) is 17.6 Å². The summed E-state index contributed by atoms with van der Waals surface area (Å²) in [5.74, 6) is 1.08. The van der Waals surface area contributed by atoms with Crippen molar-refractivity contribution in [1.29, 1.82) is 0 Å². The van der Waals surface area contributed by atoms with Crippen molar-refractivity contribution in [1.82, 2.24) is 15.1 Å². The molecule has 4 rings (SSSR count). The van der Waals surface area contributed by atoms with Crippen molar-refractivity contribution in [2.45, 2.75) is 19.3 Å². The minimum absolute atomic E-state index is 0.0867. The number of para-hydroxylation sites is 1. The molecule has 0 fully saturated rings. The first-order chi connectivity index (χ1) is 11.8. The minimum Gasteiger partial charge on any atom is -0.339 e. The van der Waals surface area contributed by atoms with Gasteiger partial charge in [-0.2, -0.15) is 4.98 Å². The van der Waals surface area contributed by atoms with Crippen molar-refractivity contribution < 1.29 is 9.32 Å². The third kappa shape index (κ3) is 2.78. The van der Waals surface area contributed by atoms with E-state index in [2.05, 4.69) is 21.2 Å². The number of aryl methyl sites for hydroxylation is 1. The number of rotatable bonds is 4. The Kier molecular flexibility index (Phi) is 3.78. The highest BCUT2D eigenvalue weighted by Crippen LogP contribution is 2.28. The van der Waals surface area contributed by atoms with E-state index in [0.717, 1.165) is 24.2 Å². The number of fused-ring (bicyclic) bond motifs is 1. The van der Waals surface area contributed by atoms with Crippen LogP contribution in [-0.4, -0.2) is 27.6 Å². The average molecular weight is 320 g/mol. The van der Waals surface area contributed by atoms with Crippen molar-refractivity contribution >= 4 is 11.6 Å². The Morgan fingerprint density at radius 3 is 2.88 bits per heavy atom. The molecule has 24 heavy (non-hydrogen) atoms. The first-order valence-electron chi connectivity index (χ1n) is 7.92. The van der Waals surface area contributed by atoms with Crippen molar-refractivity contribution in [3.63, 3.8) is 0 Å². The fourth-order valence-electron chi connectivity index (χ4n) is 2.92. The van der Waals surface area contributed by atoms with Gasteiger partial charge in [-0.15, -0.1) is 0 Å². The molecule has 120 valence electrons. The third-order valence-corrected chi connectivity index (χ3v) is 4.15. The molecule has 6 nitrogen and oxygen atoms in total. The van der Waals surface area contributed by atoms with Crippen LogP contribution >= 0.6 is 0 Å². The molecule has 3 heterocycles. The van der Waals surface area contributed by atoms with Gasteiger partial charge in [-0.3, -0.25) is 9.78 Å². The number of aromatic nitrogens is 3. The lowest BCUT2D eigenvalue weighted by Crippen LogP contribution is -2.29. The Morgan fingerprint density at radius 1 is 1.17 bits per heavy atom. The molecule has 0 saturated heterocycles. The van der Waals surface area contributed by atoms with Gasteiger partial charge in [-0.05, 0) is 30.2 Å². The van der Waals surface area contributed by atoms with Crippen LogP contribution in [0.1, 0.15) is 17.9 Å². The molecule has 0 radical (unpaired) electrons. The topological polar surface area (TPSA) is 72.1 Å². The molecule has 0 N–H and O–H groups in total. The SMILES string of the molecule is O=C(CCc1nc(-c2ccncc2)no1)N1CCc2ccccc21. The fourth-order valence-corrected chi connectivity index (χ4v) is 2.92. The molecular formula is C18H16N4O2. The Hall–Kier alpha value is -3.02. The number of hydrogen-bond acceptors (Lipinski definition) is 5. The van der Waals surface area contributed by atoms with Gasteiger partial charge in [0, 0.05) is 43.0 Å². The molecule has 0 saturated carbocycles. The van der Waals surface area contributed by atoms with Crippen LogP contribution < -0.4 is 4.90 Å². The second kappa shape index (κ2) is 6.23. The monoisotopic (exact) mass is 320 g/mol. The molecule has 0 atom stereocenters. The summed E-state index contributed by atoms with van der Waals surface area (Å²) in [6.07, 6.45) is 5.07. The number of hydrogen-bond donors (Lipinski definition) is 0. The number of benzene rings is 1. The molecule has 0 unspecified atom stereocenters. The van der Waals surface area contributed by atoms with Crippen LogP contribution in [0.15, 0.2) is 53.3 Å². The first-order valence-corrected chi connectivity index (χ1v) is 7.92. The predicted molar refractivity (Wildman–Crippen MR) is 88.3 cm³/mol. The van der Waals surface area contributed by atoms with Crippen LogP contribution in [0.4, 0.5) is 5.69 Å². The quantitative estimate of drug-likeness (QED) is 0.739. The summed E-state index contributed by atoms with van der Waals surface area (Å²) in [7, 11) is 0. The summed E-state index contributed by atoms with van der Waals surface area (Å²) in [5.41, 5.74) is 3.09. The number of carbonyl (C=O) groups is 1. The minimum atomic E-state index is 0.0867. The van der Waals surface area contributed by atoms with Crippen molar-refractivity contribution in [2.24, 2.45) is 0 Å². The summed E-state index contributed by atoms with van der Waals surface area (Å²) < 4.78 is 5.25. The second-order valence-electron chi connectivity index (χ2n) is 5.67. The Bertz CT molecular complexity index is 860. The van der Waals surface area contributed by atoms with E-state index in [-0.39, 0.29) is 5.91 Å². The van der Waals surface area contributed by atoms with Crippen LogP contribution in [0.3, 0.4) is 0 Å². The van der Waals surface area contributed by atoms with E-state index < -0.39 is 0 Å². The van der Waals surface area contributed by atoms with Crippen molar-refractivity contribution in [2.75, 3.05) is 11.4 Å². The molecule has 0 spiro atoms. The Balaban J connectivity index is 1.41. The van der Waals surface area contributed by atoms with Gasteiger partial charge in [0.15, 0.2) is 0 Å². The third-order valence-electron chi connectivity index (χ3n) is 4.15. The maximum absolute atomic E-state index is 12.5. The zero-order chi connectivity index (χ0) is 16.4. The van der Waals surface area contributed by atoms with Crippen LogP contribution in [0, 0.1) is 0 Å². The lowest BCUT2D eigenvalue weighted by Gasteiger charge is -2.16. The standard InChI is InChI=1S/C18H16N4O2/c23-17(22-12-9-13-3-1-2-4-15(13)22)6-5-16-20-18(21-24-16)14-7-10-19-11-8-14/h1-4,7-8,10-11H,5-6,9,12H2. The highest BCUT2D eigenvalue weighted by Gasteiger charge is 2.24. The van der Waals surface area contributed by atoms with Crippen LogP contribution in [0.5, 0.6) is 0 Å². The largest absolute Gasteiger partial charge is 0.339 e. The van der Waals surface area contributed by atoms with Gasteiger partial charge in [0.1, 0.15) is 0 Å². The smallest absolute Gasteiger partial charge is 0.227 e. The molecular weight excluding hydrogens is 304 g/mol. The maximum atomic E-state index is 12.5. The van der Waals surface area contributed by atoms with Gasteiger partial charge in [-0.1, -0.05) is 23.4 Å². The molecule has 2 aromatic heterocycles. The molecule has 1 amide bonds. The normalized spacial score (nSPS) is 13.1. The molecule has 6 heteroatoms. The fraction of sp³-hybridized carbons (Fsp3) is 0.222. The number of pyridine rings is 1. The van der Waals surface area contributed by atoms with Crippen LogP contribution in [0.2, 0.25) is 0 Å². The van der Waals surface area contributed by atoms with E-state index in [9.17, 15) is 4.79 Å². The second-order valence-corrected chi connectivity index (χ2v) is 5.67. The highest BCUT2D eigenvalue weighted by atomic mass is 16.5. The molecule has 1 aliphatic heterocycles. The molecule has 3 aromatic rings. The summed E-state index contributed by atoms with van der Waals surface area (Å²) in [5, 5.41) is 3.96. The lowest BCUT2D eigenvalue weighted by molar-refractivity contribution is -0.118. The van der Waals surface area contributed by atoms with Gasteiger partial charge in [0.05, 0.1) is 0 Å². The molecule has 0 bridgehead atoms. The van der Waals surface area contributed by atoms with Gasteiger partial charge >= 0.3 is 0 Å². The van der Waals surface area contributed by atoms with Gasteiger partial charge in [0.25, 0.3) is 0 Å². The van der Waals surface area contributed by atoms with E-state index in [1.807, 2.05) is 35.2 Å². The Morgan fingerprint density at radius 2 is 2.00 bits per heavy atom. The van der Waals surface area contributed by atoms with E-state index in [0.29, 0.717) is 24.6 Å². The summed E-state index contributed by atoms with van der Waals surface area (Å²) in [6, 6.07) is 11.7. The number of anilines is 1. The zero-order valence-electron chi connectivity index (χ0n) is 13.1. The van der Waals surface area contributed by atoms with Gasteiger partial charge < -0.3 is 9.42 Å². The summed E-state index contributed by atoms with van der Waals surface area (Å²) in [6.45, 7) is 0.740. The Labute approximate surface area is 139 Å². The van der Waals surface area contributed by atoms with Gasteiger partial charge in [-0.25, -0.2) is 0 Å². The lowest BCUT2D eigenvalue weighted by atomic mass is 10.2. The van der Waals surface area contributed by atoms with E-state index >= 15 is 0 Å². The number of nitrogens with zero attached hydrogens (tertiary/aromatic N) is 4. The zero-order valence-corrected chi connectivity index (χ0v) is 13.1. The molecule has 1 aliphatic rings. The molecule has 0 aliphatic carbocycles. The van der Waals surface area contributed by atoms with E-state index in [1.54, 1.807) is 12.4 Å². The number of carbonyl (C=O) groups excluding carboxylic acids is 1. The van der Waals surface area contributed by atoms with Crippen LogP contribution in [0.25, 0.3) is 11.4 Å². The van der Waals surface area contributed by atoms with E-state index in [1.165, 1.54) is 5.56 Å². The molecule has 1 aromatic carbocycles. The van der Waals surface area contributed by atoms with E-state index in [4.69, 9.17) is 4.52 Å². The van der Waals surface area contributed by atoms with Crippen molar-refractivity contribution in [3.8, 4) is 11.4 Å². The summed E-state index contributed by atoms with van der Waals surface area (Å²) in [4.78, 5) is 22.6. The number of amides is 1. The first kappa shape index (κ1) is 14.6. The van der Waals surface area contributed by atoms with Gasteiger partial charge in [0.2, 0.25) is 17.6 Å². The average Bonchev–Trinajstić information content (AvgIpc) is 3.27. The highest BCUT2D eigenvalue weighted by molar-refractivity contribution is 5.95. The maximum Gasteiger partial charge on any atom is 0.227 e.